The molecule has 0 saturated heterocycles. The van der Waals surface area contributed by atoms with Crippen LogP contribution in [-0.4, -0.2) is 30.4 Å². The van der Waals surface area contributed by atoms with Crippen molar-refractivity contribution in [2.45, 2.75) is 56.7 Å². The summed E-state index contributed by atoms with van der Waals surface area (Å²) in [6.07, 6.45) is 0.888. The fourth-order valence-electron chi connectivity index (χ4n) is 2.46. The Kier molecular flexibility index (Phi) is 6.03. The third-order valence-corrected chi connectivity index (χ3v) is 7.21. The van der Waals surface area contributed by atoms with Gasteiger partial charge in [-0.05, 0) is 65.0 Å². The first kappa shape index (κ1) is 19.7. The molecular weight excluding hydrogens is 346 g/mol. The van der Waals surface area contributed by atoms with E-state index in [9.17, 15) is 13.0 Å². The first-order chi connectivity index (χ1) is 11.0. The monoisotopic (exact) mass is 373 g/mol. The summed E-state index contributed by atoms with van der Waals surface area (Å²) >= 11 is -1.13. The van der Waals surface area contributed by atoms with Crippen molar-refractivity contribution in [3.05, 3.63) is 29.8 Å². The number of aryl methyl sites for hydroxylation is 1. The normalized spacial score (nSPS) is 23.8. The first-order valence-corrected chi connectivity index (χ1v) is 10.7. The average Bonchev–Trinajstić information content (AvgIpc) is 3.24. The van der Waals surface area contributed by atoms with Crippen molar-refractivity contribution in [3.63, 3.8) is 0 Å². The molecule has 0 bridgehead atoms. The molecule has 0 heterocycles. The summed E-state index contributed by atoms with van der Waals surface area (Å²) in [7, 11) is -3.71. The van der Waals surface area contributed by atoms with Crippen LogP contribution in [0.3, 0.4) is 0 Å². The molecular formula is C17H27NO4S2. The summed E-state index contributed by atoms with van der Waals surface area (Å²) in [5, 5.41) is 0. The molecule has 136 valence electrons. The summed E-state index contributed by atoms with van der Waals surface area (Å²) < 4.78 is 44.5. The highest BCUT2D eigenvalue weighted by molar-refractivity contribution is 7.90. The molecule has 7 heteroatoms. The van der Waals surface area contributed by atoms with E-state index in [-0.39, 0.29) is 28.2 Å². The molecule has 24 heavy (non-hydrogen) atoms. The predicted molar refractivity (Wildman–Crippen MR) is 96.4 cm³/mol. The van der Waals surface area contributed by atoms with E-state index in [2.05, 4.69) is 4.72 Å². The van der Waals surface area contributed by atoms with Crippen molar-refractivity contribution in [2.75, 3.05) is 6.61 Å². The van der Waals surface area contributed by atoms with Gasteiger partial charge in [0.2, 0.25) is 0 Å². The minimum absolute atomic E-state index is 0.0701. The van der Waals surface area contributed by atoms with Gasteiger partial charge in [0.25, 0.3) is 10.1 Å². The Morgan fingerprint density at radius 3 is 2.46 bits per heavy atom. The number of nitrogens with one attached hydrogen (secondary N) is 1. The summed E-state index contributed by atoms with van der Waals surface area (Å²) in [4.78, 5) is 0.185. The van der Waals surface area contributed by atoms with E-state index < -0.39 is 21.5 Å². The molecule has 1 aliphatic carbocycles. The lowest BCUT2D eigenvalue weighted by Gasteiger charge is -2.26. The molecule has 0 radical (unpaired) electrons. The topological polar surface area (TPSA) is 78.5 Å². The molecule has 1 aromatic carbocycles. The SMILES string of the molecule is Cc1ccc(S(=O)(=O)OC[C@@H]2C[C@H]2[C@@H](C)N[S@+]([O-])C(C)(C)C)cc1. The standard InChI is InChI=1S/C17H27NO4S2/c1-12-6-8-15(9-7-12)24(20,21)22-11-14-10-16(14)13(2)18-23(19)17(3,4)5/h6-9,13-14,16,18H,10-11H2,1-5H3/t13-,14+,16+,23-/m1/s1. The predicted octanol–water partition coefficient (Wildman–Crippen LogP) is 2.78. The van der Waals surface area contributed by atoms with Crippen molar-refractivity contribution in [1.82, 2.24) is 4.72 Å². The fourth-order valence-corrected chi connectivity index (χ4v) is 4.28. The van der Waals surface area contributed by atoms with Crippen molar-refractivity contribution >= 4 is 21.5 Å². The van der Waals surface area contributed by atoms with Crippen molar-refractivity contribution in [2.24, 2.45) is 11.8 Å². The van der Waals surface area contributed by atoms with Gasteiger partial charge < -0.3 is 4.55 Å². The van der Waals surface area contributed by atoms with Gasteiger partial charge in [-0.2, -0.15) is 8.42 Å². The highest BCUT2D eigenvalue weighted by Gasteiger charge is 2.44. The van der Waals surface area contributed by atoms with Crippen molar-refractivity contribution in [1.29, 1.82) is 0 Å². The van der Waals surface area contributed by atoms with E-state index in [1.807, 2.05) is 34.6 Å². The van der Waals surface area contributed by atoms with Crippen LogP contribution < -0.4 is 4.72 Å². The Balaban J connectivity index is 1.83. The summed E-state index contributed by atoms with van der Waals surface area (Å²) in [6, 6.07) is 6.70. The largest absolute Gasteiger partial charge is 0.598 e. The maximum absolute atomic E-state index is 12.2. The van der Waals surface area contributed by atoms with Gasteiger partial charge in [-0.15, -0.1) is 4.72 Å². The van der Waals surface area contributed by atoms with Crippen molar-refractivity contribution in [3.8, 4) is 0 Å². The molecule has 1 N–H and O–H groups in total. The zero-order valence-corrected chi connectivity index (χ0v) is 16.5. The van der Waals surface area contributed by atoms with Crippen LogP contribution >= 0.6 is 0 Å². The van der Waals surface area contributed by atoms with E-state index >= 15 is 0 Å². The Labute approximate surface area is 148 Å². The van der Waals surface area contributed by atoms with Crippen molar-refractivity contribution < 1.29 is 17.2 Å². The molecule has 4 atom stereocenters. The third-order valence-electron chi connectivity index (χ3n) is 4.22. The Morgan fingerprint density at radius 1 is 1.33 bits per heavy atom. The molecule has 0 amide bonds. The van der Waals surface area contributed by atoms with Crippen LogP contribution in [0.15, 0.2) is 29.2 Å². The van der Waals surface area contributed by atoms with E-state index in [0.717, 1.165) is 12.0 Å². The molecule has 0 spiro atoms. The van der Waals surface area contributed by atoms with Crippen LogP contribution in [-0.2, 0) is 25.7 Å². The molecule has 1 saturated carbocycles. The van der Waals surface area contributed by atoms with Gasteiger partial charge in [0.05, 0.1) is 17.5 Å². The summed E-state index contributed by atoms with van der Waals surface area (Å²) in [5.41, 5.74) is 1.00. The molecule has 0 unspecified atom stereocenters. The molecule has 2 rings (SSSR count). The lowest BCUT2D eigenvalue weighted by Crippen LogP contribution is -2.44. The molecule has 0 aliphatic heterocycles. The summed E-state index contributed by atoms with van der Waals surface area (Å²) in [5.74, 6) is 0.481. The third kappa shape index (κ3) is 5.20. The molecule has 5 nitrogen and oxygen atoms in total. The van der Waals surface area contributed by atoms with E-state index in [1.54, 1.807) is 24.3 Å². The quantitative estimate of drug-likeness (QED) is 0.587. The smallest absolute Gasteiger partial charge is 0.296 e. The van der Waals surface area contributed by atoms with Gasteiger partial charge in [-0.3, -0.25) is 4.18 Å². The van der Waals surface area contributed by atoms with Gasteiger partial charge in [-0.1, -0.05) is 17.7 Å². The van der Waals surface area contributed by atoms with Crippen LogP contribution in [0.4, 0.5) is 0 Å². The van der Waals surface area contributed by atoms with E-state index in [4.69, 9.17) is 4.18 Å². The van der Waals surface area contributed by atoms with E-state index in [0.29, 0.717) is 5.92 Å². The van der Waals surface area contributed by atoms with Crippen LogP contribution in [0.25, 0.3) is 0 Å². The zero-order valence-electron chi connectivity index (χ0n) is 14.9. The van der Waals surface area contributed by atoms with Crippen LogP contribution in [0.1, 0.15) is 39.7 Å². The number of rotatable bonds is 7. The average molecular weight is 374 g/mol. The maximum Gasteiger partial charge on any atom is 0.296 e. The van der Waals surface area contributed by atoms with Gasteiger partial charge >= 0.3 is 0 Å². The van der Waals surface area contributed by atoms with Crippen LogP contribution in [0.5, 0.6) is 0 Å². The highest BCUT2D eigenvalue weighted by atomic mass is 32.2. The van der Waals surface area contributed by atoms with Crippen LogP contribution in [0, 0.1) is 18.8 Å². The minimum atomic E-state index is -3.71. The van der Waals surface area contributed by atoms with Gasteiger partial charge in [-0.25, -0.2) is 0 Å². The Hall–Kier alpha value is -0.600. The first-order valence-electron chi connectivity index (χ1n) is 8.15. The Bertz CT molecular complexity index is 652. The number of hydrogen-bond donors (Lipinski definition) is 1. The zero-order chi connectivity index (χ0) is 18.1. The lowest BCUT2D eigenvalue weighted by molar-refractivity contribution is 0.290. The van der Waals surface area contributed by atoms with Gasteiger partial charge in [0.1, 0.15) is 4.75 Å². The second-order valence-electron chi connectivity index (χ2n) is 7.50. The molecule has 0 aromatic heterocycles. The molecule has 1 fully saturated rings. The van der Waals surface area contributed by atoms with Crippen LogP contribution in [0.2, 0.25) is 0 Å². The molecule has 1 aliphatic rings. The minimum Gasteiger partial charge on any atom is -0.598 e. The number of benzene rings is 1. The fraction of sp³-hybridized carbons (Fsp3) is 0.647. The maximum atomic E-state index is 12.2. The van der Waals surface area contributed by atoms with Gasteiger partial charge in [0, 0.05) is 11.4 Å². The second-order valence-corrected chi connectivity index (χ2v) is 11.1. The van der Waals surface area contributed by atoms with Gasteiger partial charge in [0.15, 0.2) is 0 Å². The lowest BCUT2D eigenvalue weighted by atomic mass is 10.2. The number of hydrogen-bond acceptors (Lipinski definition) is 5. The summed E-state index contributed by atoms with van der Waals surface area (Å²) in [6.45, 7) is 9.83. The Morgan fingerprint density at radius 2 is 1.92 bits per heavy atom. The second kappa shape index (κ2) is 7.33. The molecule has 1 aromatic rings. The van der Waals surface area contributed by atoms with E-state index in [1.165, 1.54) is 0 Å². The highest BCUT2D eigenvalue weighted by Crippen LogP contribution is 2.42.